The van der Waals surface area contributed by atoms with Crippen molar-refractivity contribution in [1.82, 2.24) is 10.6 Å². The van der Waals surface area contributed by atoms with Crippen LogP contribution in [0.2, 0.25) is 0 Å². The summed E-state index contributed by atoms with van der Waals surface area (Å²) in [5, 5.41) is 15.5. The number of aliphatic hydroxyl groups excluding tert-OH is 1. The van der Waals surface area contributed by atoms with E-state index >= 15 is 0 Å². The van der Waals surface area contributed by atoms with Gasteiger partial charge in [-0.3, -0.25) is 9.59 Å². The quantitative estimate of drug-likeness (QED) is 0.555. The van der Waals surface area contributed by atoms with Crippen molar-refractivity contribution in [2.24, 2.45) is 11.8 Å². The fourth-order valence-electron chi connectivity index (χ4n) is 4.33. The van der Waals surface area contributed by atoms with Gasteiger partial charge in [-0.1, -0.05) is 64.2 Å². The average molecular weight is 367 g/mol. The third-order valence-corrected chi connectivity index (χ3v) is 6.08. The summed E-state index contributed by atoms with van der Waals surface area (Å²) in [5.74, 6) is 1.42. The molecule has 0 atom stereocenters. The molecule has 0 bridgehead atoms. The van der Waals surface area contributed by atoms with Crippen molar-refractivity contribution in [1.29, 1.82) is 0 Å². The monoisotopic (exact) mass is 366 g/mol. The van der Waals surface area contributed by atoms with Crippen molar-refractivity contribution < 1.29 is 14.7 Å². The number of carbonyl (C=O) groups is 2. The summed E-state index contributed by atoms with van der Waals surface area (Å²) in [6.07, 6.45) is 15.2. The Morgan fingerprint density at radius 1 is 0.731 bits per heavy atom. The third-order valence-electron chi connectivity index (χ3n) is 6.08. The molecule has 5 nitrogen and oxygen atoms in total. The second-order valence-electron chi connectivity index (χ2n) is 8.35. The lowest BCUT2D eigenvalue weighted by Gasteiger charge is -2.21. The van der Waals surface area contributed by atoms with Crippen molar-refractivity contribution in [2.45, 2.75) is 96.0 Å². The molecule has 2 saturated carbocycles. The van der Waals surface area contributed by atoms with Crippen LogP contribution in [-0.2, 0) is 9.59 Å². The molecule has 2 aliphatic carbocycles. The van der Waals surface area contributed by atoms with Crippen molar-refractivity contribution in [3.63, 3.8) is 0 Å². The molecule has 2 aliphatic rings. The van der Waals surface area contributed by atoms with Gasteiger partial charge in [-0.2, -0.15) is 0 Å². The normalized spacial score (nSPS) is 19.5. The lowest BCUT2D eigenvalue weighted by Crippen LogP contribution is -2.40. The van der Waals surface area contributed by atoms with Gasteiger partial charge in [0, 0.05) is 25.9 Å². The summed E-state index contributed by atoms with van der Waals surface area (Å²) < 4.78 is 0. The maximum atomic E-state index is 11.9. The van der Waals surface area contributed by atoms with E-state index < -0.39 is 6.10 Å². The number of hydrogen-bond donors (Lipinski definition) is 3. The van der Waals surface area contributed by atoms with Crippen LogP contribution in [0.3, 0.4) is 0 Å². The van der Waals surface area contributed by atoms with Crippen molar-refractivity contribution >= 4 is 11.8 Å². The molecule has 3 N–H and O–H groups in total. The Labute approximate surface area is 158 Å². The van der Waals surface area contributed by atoms with Crippen LogP contribution in [0.4, 0.5) is 0 Å². The highest BCUT2D eigenvalue weighted by Gasteiger charge is 2.17. The highest BCUT2D eigenvalue weighted by molar-refractivity contribution is 5.76. The summed E-state index contributed by atoms with van der Waals surface area (Å²) in [4.78, 5) is 23.8. The first-order chi connectivity index (χ1) is 12.6. The zero-order chi connectivity index (χ0) is 18.6. The Bertz CT molecular complexity index is 377. The second kappa shape index (κ2) is 12.3. The first kappa shape index (κ1) is 21.2. The molecule has 5 heteroatoms. The predicted octanol–water partition coefficient (Wildman–Crippen LogP) is 3.30. The fraction of sp³-hybridized carbons (Fsp3) is 0.905. The zero-order valence-electron chi connectivity index (χ0n) is 16.3. The van der Waals surface area contributed by atoms with Crippen molar-refractivity contribution in [3.8, 4) is 0 Å². The van der Waals surface area contributed by atoms with Gasteiger partial charge in [0.05, 0.1) is 6.10 Å². The molecule has 0 aliphatic heterocycles. The van der Waals surface area contributed by atoms with Crippen molar-refractivity contribution in [3.05, 3.63) is 0 Å². The molecule has 2 amide bonds. The molecular weight excluding hydrogens is 328 g/mol. The van der Waals surface area contributed by atoms with Crippen LogP contribution in [-0.4, -0.2) is 36.1 Å². The Balaban J connectivity index is 1.47. The Morgan fingerprint density at radius 2 is 1.12 bits per heavy atom. The number of aliphatic hydroxyl groups is 1. The highest BCUT2D eigenvalue weighted by atomic mass is 16.3. The lowest BCUT2D eigenvalue weighted by molar-refractivity contribution is -0.122. The van der Waals surface area contributed by atoms with Gasteiger partial charge >= 0.3 is 0 Å². The van der Waals surface area contributed by atoms with E-state index in [9.17, 15) is 14.7 Å². The van der Waals surface area contributed by atoms with Crippen LogP contribution < -0.4 is 10.6 Å². The number of nitrogens with one attached hydrogen (secondary N) is 2. The first-order valence-corrected chi connectivity index (χ1v) is 10.8. The van der Waals surface area contributed by atoms with E-state index in [0.29, 0.717) is 24.7 Å². The summed E-state index contributed by atoms with van der Waals surface area (Å²) >= 11 is 0. The molecule has 0 spiro atoms. The van der Waals surface area contributed by atoms with Crippen LogP contribution in [0.15, 0.2) is 0 Å². The molecule has 0 aromatic rings. The number of hydrogen-bond acceptors (Lipinski definition) is 3. The summed E-state index contributed by atoms with van der Waals surface area (Å²) in [6, 6.07) is 0. The van der Waals surface area contributed by atoms with Gasteiger partial charge in [0.1, 0.15) is 0 Å². The molecule has 0 unspecified atom stereocenters. The molecule has 2 rings (SSSR count). The number of carbonyl (C=O) groups excluding carboxylic acids is 2. The van der Waals surface area contributed by atoms with Gasteiger partial charge in [0.15, 0.2) is 0 Å². The van der Waals surface area contributed by atoms with Crippen LogP contribution in [0.5, 0.6) is 0 Å². The van der Waals surface area contributed by atoms with Crippen LogP contribution in [0.25, 0.3) is 0 Å². The van der Waals surface area contributed by atoms with Gasteiger partial charge in [0.2, 0.25) is 11.8 Å². The Kier molecular flexibility index (Phi) is 10.0. The second-order valence-corrected chi connectivity index (χ2v) is 8.35. The molecular formula is C21H38N2O3. The minimum atomic E-state index is -0.715. The molecule has 0 heterocycles. The van der Waals surface area contributed by atoms with Gasteiger partial charge in [-0.15, -0.1) is 0 Å². The summed E-state index contributed by atoms with van der Waals surface area (Å²) in [5.41, 5.74) is 0. The van der Waals surface area contributed by atoms with Crippen LogP contribution >= 0.6 is 0 Å². The van der Waals surface area contributed by atoms with E-state index in [1.54, 1.807) is 0 Å². The molecule has 0 radical (unpaired) electrons. The highest BCUT2D eigenvalue weighted by Crippen LogP contribution is 2.27. The maximum absolute atomic E-state index is 11.9. The Morgan fingerprint density at radius 3 is 1.50 bits per heavy atom. The molecule has 0 aromatic heterocycles. The maximum Gasteiger partial charge on any atom is 0.220 e. The zero-order valence-corrected chi connectivity index (χ0v) is 16.3. The topological polar surface area (TPSA) is 78.4 Å². The van der Waals surface area contributed by atoms with E-state index in [0.717, 1.165) is 12.8 Å². The number of amides is 2. The third kappa shape index (κ3) is 9.02. The summed E-state index contributed by atoms with van der Waals surface area (Å²) in [6.45, 7) is 0.429. The van der Waals surface area contributed by atoms with Gasteiger partial charge < -0.3 is 15.7 Å². The smallest absolute Gasteiger partial charge is 0.220 e. The largest absolute Gasteiger partial charge is 0.389 e. The van der Waals surface area contributed by atoms with Gasteiger partial charge in [-0.05, 0) is 24.7 Å². The molecule has 2 fully saturated rings. The van der Waals surface area contributed by atoms with E-state index in [1.807, 2.05) is 0 Å². The molecule has 26 heavy (non-hydrogen) atoms. The lowest BCUT2D eigenvalue weighted by atomic mass is 9.86. The van der Waals surface area contributed by atoms with Crippen LogP contribution in [0.1, 0.15) is 89.9 Å². The van der Waals surface area contributed by atoms with Crippen LogP contribution in [0, 0.1) is 11.8 Å². The van der Waals surface area contributed by atoms with Crippen molar-refractivity contribution in [2.75, 3.05) is 13.1 Å². The minimum Gasteiger partial charge on any atom is -0.389 e. The molecule has 0 aromatic carbocycles. The Hall–Kier alpha value is -1.10. The minimum absolute atomic E-state index is 0.0123. The standard InChI is InChI=1S/C21H38N2O3/c24-19(15-22-20(25)13-11-17-7-3-1-4-8-17)16-23-21(26)14-12-18-9-5-2-6-10-18/h17-19,24H,1-16H2,(H,22,25)(H,23,26). The average Bonchev–Trinajstić information content (AvgIpc) is 2.69. The van der Waals surface area contributed by atoms with Gasteiger partial charge in [-0.25, -0.2) is 0 Å². The SMILES string of the molecule is O=C(CCC1CCCCC1)NCC(O)CNC(=O)CCC1CCCCC1. The molecule has 150 valence electrons. The molecule has 0 saturated heterocycles. The van der Waals surface area contributed by atoms with E-state index in [2.05, 4.69) is 10.6 Å². The summed E-state index contributed by atoms with van der Waals surface area (Å²) in [7, 11) is 0. The predicted molar refractivity (Wildman–Crippen MR) is 104 cm³/mol. The first-order valence-electron chi connectivity index (χ1n) is 10.8. The number of rotatable bonds is 10. The fourth-order valence-corrected chi connectivity index (χ4v) is 4.33. The van der Waals surface area contributed by atoms with E-state index in [4.69, 9.17) is 0 Å². The van der Waals surface area contributed by atoms with E-state index in [-0.39, 0.29) is 24.9 Å². The van der Waals surface area contributed by atoms with Gasteiger partial charge in [0.25, 0.3) is 0 Å². The van der Waals surface area contributed by atoms with E-state index in [1.165, 1.54) is 64.2 Å².